The van der Waals surface area contributed by atoms with E-state index in [0.717, 1.165) is 27.8 Å². The largest absolute Gasteiger partial charge is 0.494 e. The first-order valence-electron chi connectivity index (χ1n) is 11.7. The molecule has 0 radical (unpaired) electrons. The summed E-state index contributed by atoms with van der Waals surface area (Å²) in [5, 5.41) is 2.41. The van der Waals surface area contributed by atoms with Gasteiger partial charge in [-0.2, -0.15) is 0 Å². The molecule has 0 N–H and O–H groups in total. The van der Waals surface area contributed by atoms with Gasteiger partial charge in [0.25, 0.3) is 0 Å². The summed E-state index contributed by atoms with van der Waals surface area (Å²) in [7, 11) is -0.400. The summed E-state index contributed by atoms with van der Waals surface area (Å²) >= 11 is 0. The number of para-hydroxylation sites is 1. The Morgan fingerprint density at radius 1 is 0.706 bits per heavy atom. The molecule has 34 heavy (non-hydrogen) atoms. The number of nitrogens with zero attached hydrogens (tertiary/aromatic N) is 2. The second-order valence-electron chi connectivity index (χ2n) is 10.0. The van der Waals surface area contributed by atoms with Crippen molar-refractivity contribution in [3.05, 3.63) is 91.3 Å². The van der Waals surface area contributed by atoms with Gasteiger partial charge in [-0.3, -0.25) is 4.98 Å². The van der Waals surface area contributed by atoms with Crippen molar-refractivity contribution in [3.8, 4) is 16.8 Å². The molecular formula is C29H27BN2O2. The van der Waals surface area contributed by atoms with Crippen LogP contribution < -0.4 is 5.46 Å². The van der Waals surface area contributed by atoms with Gasteiger partial charge in [0.05, 0.1) is 22.2 Å². The topological polar surface area (TPSA) is 36.3 Å². The number of hydrogen-bond acceptors (Lipinski definition) is 3. The molecule has 0 atom stereocenters. The fourth-order valence-corrected chi connectivity index (χ4v) is 4.73. The van der Waals surface area contributed by atoms with Crippen molar-refractivity contribution < 1.29 is 9.31 Å². The lowest BCUT2D eigenvalue weighted by Gasteiger charge is -2.32. The molecule has 3 heterocycles. The molecule has 1 saturated heterocycles. The molecule has 2 aromatic heterocycles. The smallest absolute Gasteiger partial charge is 0.399 e. The van der Waals surface area contributed by atoms with Gasteiger partial charge in [-0.25, -0.2) is 0 Å². The predicted molar refractivity (Wildman–Crippen MR) is 140 cm³/mol. The summed E-state index contributed by atoms with van der Waals surface area (Å²) < 4.78 is 15.0. The minimum atomic E-state index is -0.400. The lowest BCUT2D eigenvalue weighted by atomic mass is 9.79. The summed E-state index contributed by atoms with van der Waals surface area (Å²) in [6.45, 7) is 8.36. The van der Waals surface area contributed by atoms with Gasteiger partial charge in [0.15, 0.2) is 0 Å². The van der Waals surface area contributed by atoms with Gasteiger partial charge in [0, 0.05) is 34.4 Å². The Kier molecular flexibility index (Phi) is 4.70. The Morgan fingerprint density at radius 2 is 1.47 bits per heavy atom. The van der Waals surface area contributed by atoms with Gasteiger partial charge < -0.3 is 13.9 Å². The first kappa shape index (κ1) is 21.1. The molecule has 1 fully saturated rings. The highest BCUT2D eigenvalue weighted by atomic mass is 16.7. The molecule has 5 heteroatoms. The van der Waals surface area contributed by atoms with Crippen LogP contribution in [0.4, 0.5) is 0 Å². The molecule has 0 unspecified atom stereocenters. The Morgan fingerprint density at radius 3 is 2.18 bits per heavy atom. The third kappa shape index (κ3) is 3.27. The van der Waals surface area contributed by atoms with Crippen LogP contribution in [0.2, 0.25) is 0 Å². The Bertz CT molecular complexity index is 1490. The van der Waals surface area contributed by atoms with Gasteiger partial charge in [0.2, 0.25) is 0 Å². The number of rotatable bonds is 3. The zero-order valence-corrected chi connectivity index (χ0v) is 19.9. The van der Waals surface area contributed by atoms with Crippen molar-refractivity contribution in [2.75, 3.05) is 0 Å². The summed E-state index contributed by atoms with van der Waals surface area (Å²) in [6.07, 6.45) is 3.72. The summed E-state index contributed by atoms with van der Waals surface area (Å²) in [5.41, 5.74) is 5.97. The SMILES string of the molecule is CC1(C)OB(c2ccc3c4cc(-c5cccnc5)ccc4n(-c4ccccc4)c3c2)OC1(C)C. The maximum Gasteiger partial charge on any atom is 0.494 e. The second-order valence-corrected chi connectivity index (χ2v) is 10.0. The highest BCUT2D eigenvalue weighted by molar-refractivity contribution is 6.62. The number of pyridine rings is 1. The number of aromatic nitrogens is 2. The zero-order valence-electron chi connectivity index (χ0n) is 19.9. The van der Waals surface area contributed by atoms with E-state index in [4.69, 9.17) is 9.31 Å². The fourth-order valence-electron chi connectivity index (χ4n) is 4.73. The highest BCUT2D eigenvalue weighted by Gasteiger charge is 2.51. The zero-order chi connectivity index (χ0) is 23.5. The third-order valence-corrected chi connectivity index (χ3v) is 7.32. The average molecular weight is 446 g/mol. The van der Waals surface area contributed by atoms with Crippen LogP contribution in [0, 0.1) is 0 Å². The second kappa shape index (κ2) is 7.56. The normalized spacial score (nSPS) is 17.0. The molecule has 3 aromatic carbocycles. The Labute approximate surface area is 200 Å². The monoisotopic (exact) mass is 446 g/mol. The third-order valence-electron chi connectivity index (χ3n) is 7.32. The van der Waals surface area contributed by atoms with Crippen LogP contribution in [0.1, 0.15) is 27.7 Å². The van der Waals surface area contributed by atoms with E-state index in [1.54, 1.807) is 6.20 Å². The van der Waals surface area contributed by atoms with E-state index in [1.807, 2.05) is 18.3 Å². The maximum atomic E-state index is 6.36. The van der Waals surface area contributed by atoms with E-state index >= 15 is 0 Å². The van der Waals surface area contributed by atoms with Crippen LogP contribution in [-0.4, -0.2) is 27.9 Å². The molecule has 0 saturated carbocycles. The maximum absolute atomic E-state index is 6.36. The van der Waals surface area contributed by atoms with Crippen molar-refractivity contribution in [2.24, 2.45) is 0 Å². The predicted octanol–water partition coefficient (Wildman–Crippen LogP) is 6.14. The van der Waals surface area contributed by atoms with Crippen LogP contribution in [-0.2, 0) is 9.31 Å². The van der Waals surface area contributed by atoms with Crippen LogP contribution in [0.3, 0.4) is 0 Å². The van der Waals surface area contributed by atoms with Crippen LogP contribution in [0.5, 0.6) is 0 Å². The molecular weight excluding hydrogens is 419 g/mol. The molecule has 6 rings (SSSR count). The fraction of sp³-hybridized carbons (Fsp3) is 0.207. The molecule has 0 spiro atoms. The van der Waals surface area contributed by atoms with Gasteiger partial charge in [-0.1, -0.05) is 42.5 Å². The standard InChI is InChI=1S/C29H27BN2O2/c1-28(2)29(3,4)34-30(33-28)22-13-14-24-25-17-20(21-9-8-16-31-19-21)12-15-26(25)32(27(24)18-22)23-10-6-5-7-11-23/h5-19H,1-4H3. The number of fused-ring (bicyclic) bond motifs is 3. The highest BCUT2D eigenvalue weighted by Crippen LogP contribution is 2.38. The van der Waals surface area contributed by atoms with Crippen molar-refractivity contribution in [1.29, 1.82) is 0 Å². The molecule has 168 valence electrons. The van der Waals surface area contributed by atoms with Gasteiger partial charge >= 0.3 is 7.12 Å². The van der Waals surface area contributed by atoms with Crippen LogP contribution in [0.25, 0.3) is 38.6 Å². The first-order valence-corrected chi connectivity index (χ1v) is 11.7. The van der Waals surface area contributed by atoms with Gasteiger partial charge in [-0.15, -0.1) is 0 Å². The molecule has 1 aliphatic heterocycles. The van der Waals surface area contributed by atoms with Gasteiger partial charge in [-0.05, 0) is 75.1 Å². The molecule has 4 nitrogen and oxygen atoms in total. The van der Waals surface area contributed by atoms with Crippen LogP contribution >= 0.6 is 0 Å². The Hall–Kier alpha value is -3.41. The quantitative estimate of drug-likeness (QED) is 0.312. The summed E-state index contributed by atoms with van der Waals surface area (Å²) in [4.78, 5) is 4.30. The van der Waals surface area contributed by atoms with E-state index in [-0.39, 0.29) is 11.2 Å². The summed E-state index contributed by atoms with van der Waals surface area (Å²) in [6, 6.07) is 27.8. The molecule has 0 amide bonds. The Balaban J connectivity index is 1.58. The van der Waals surface area contributed by atoms with E-state index in [0.29, 0.717) is 0 Å². The van der Waals surface area contributed by atoms with Crippen molar-refractivity contribution in [1.82, 2.24) is 9.55 Å². The lowest BCUT2D eigenvalue weighted by molar-refractivity contribution is 0.00578. The minimum absolute atomic E-state index is 0.378. The molecule has 1 aliphatic rings. The minimum Gasteiger partial charge on any atom is -0.399 e. The number of benzene rings is 3. The molecule has 0 bridgehead atoms. The van der Waals surface area contributed by atoms with Crippen molar-refractivity contribution in [3.63, 3.8) is 0 Å². The van der Waals surface area contributed by atoms with E-state index in [1.165, 1.54) is 16.3 Å². The lowest BCUT2D eigenvalue weighted by Crippen LogP contribution is -2.41. The molecule has 0 aliphatic carbocycles. The number of hydrogen-bond donors (Lipinski definition) is 0. The van der Waals surface area contributed by atoms with Gasteiger partial charge in [0.1, 0.15) is 0 Å². The molecule has 5 aromatic rings. The van der Waals surface area contributed by atoms with Crippen LogP contribution in [0.15, 0.2) is 91.3 Å². The van der Waals surface area contributed by atoms with E-state index in [9.17, 15) is 0 Å². The van der Waals surface area contributed by atoms with E-state index < -0.39 is 7.12 Å². The summed E-state index contributed by atoms with van der Waals surface area (Å²) in [5.74, 6) is 0. The van der Waals surface area contributed by atoms with Crippen molar-refractivity contribution in [2.45, 2.75) is 38.9 Å². The average Bonchev–Trinajstić information content (AvgIpc) is 3.28. The van der Waals surface area contributed by atoms with E-state index in [2.05, 4.69) is 104 Å². The van der Waals surface area contributed by atoms with Crippen molar-refractivity contribution >= 4 is 34.4 Å². The first-order chi connectivity index (χ1) is 16.3.